The van der Waals surface area contributed by atoms with Gasteiger partial charge in [0.1, 0.15) is 5.75 Å². The molecule has 6 heteroatoms. The number of alkyl halides is 3. The Morgan fingerprint density at radius 2 is 1.71 bits per heavy atom. The topological polar surface area (TPSA) is 18.5 Å². The third-order valence-electron chi connectivity index (χ3n) is 2.50. The summed E-state index contributed by atoms with van der Waals surface area (Å²) in [5.74, 6) is 0.218. The van der Waals surface area contributed by atoms with Crippen LogP contribution >= 0.6 is 34.8 Å². The molecule has 0 amide bonds. The third-order valence-corrected chi connectivity index (χ3v) is 2.83. The SMILES string of the molecule is Fc1ccc(COCC(Cl)(Cl)Cl)cc1Oc1ccccc1. The lowest BCUT2D eigenvalue weighted by Crippen LogP contribution is -2.12. The minimum Gasteiger partial charge on any atom is -0.454 e. The Kier molecular flexibility index (Phi) is 5.71. The van der Waals surface area contributed by atoms with Crippen LogP contribution in [0.15, 0.2) is 48.5 Å². The van der Waals surface area contributed by atoms with E-state index in [-0.39, 0.29) is 19.0 Å². The molecule has 0 saturated carbocycles. The average molecular weight is 350 g/mol. The molecule has 112 valence electrons. The fraction of sp³-hybridized carbons (Fsp3) is 0.200. The van der Waals surface area contributed by atoms with Crippen LogP contribution in [-0.4, -0.2) is 10.4 Å². The minimum absolute atomic E-state index is 0.0517. The van der Waals surface area contributed by atoms with Gasteiger partial charge in [-0.3, -0.25) is 0 Å². The van der Waals surface area contributed by atoms with Crippen molar-refractivity contribution in [2.75, 3.05) is 6.61 Å². The molecule has 0 heterocycles. The van der Waals surface area contributed by atoms with Gasteiger partial charge in [0.05, 0.1) is 13.2 Å². The zero-order chi connectivity index (χ0) is 15.3. The summed E-state index contributed by atoms with van der Waals surface area (Å²) in [5, 5.41) is 0. The molecule has 0 N–H and O–H groups in total. The Balaban J connectivity index is 2.03. The van der Waals surface area contributed by atoms with E-state index in [1.54, 1.807) is 36.4 Å². The molecule has 0 aromatic heterocycles. The molecule has 2 rings (SSSR count). The van der Waals surface area contributed by atoms with E-state index in [4.69, 9.17) is 44.3 Å². The fourth-order valence-corrected chi connectivity index (χ4v) is 1.85. The third kappa shape index (κ3) is 5.71. The van der Waals surface area contributed by atoms with Crippen molar-refractivity contribution in [3.05, 3.63) is 59.9 Å². The summed E-state index contributed by atoms with van der Waals surface area (Å²) in [4.78, 5) is 0. The van der Waals surface area contributed by atoms with Crippen LogP contribution < -0.4 is 4.74 Å². The number of hydrogen-bond donors (Lipinski definition) is 0. The van der Waals surface area contributed by atoms with Crippen molar-refractivity contribution in [1.29, 1.82) is 0 Å². The predicted molar refractivity (Wildman–Crippen MR) is 82.9 cm³/mol. The smallest absolute Gasteiger partial charge is 0.213 e. The molecule has 0 saturated heterocycles. The maximum atomic E-state index is 13.7. The van der Waals surface area contributed by atoms with Crippen LogP contribution in [0.25, 0.3) is 0 Å². The van der Waals surface area contributed by atoms with Crippen LogP contribution in [0.5, 0.6) is 11.5 Å². The Labute approximate surface area is 137 Å². The first-order chi connectivity index (χ1) is 9.94. The van der Waals surface area contributed by atoms with Gasteiger partial charge in [0.15, 0.2) is 11.6 Å². The lowest BCUT2D eigenvalue weighted by atomic mass is 10.2. The molecule has 2 aromatic rings. The van der Waals surface area contributed by atoms with E-state index in [1.165, 1.54) is 6.07 Å². The second-order valence-corrected chi connectivity index (χ2v) is 6.80. The maximum absolute atomic E-state index is 13.7. The van der Waals surface area contributed by atoms with Crippen molar-refractivity contribution in [1.82, 2.24) is 0 Å². The van der Waals surface area contributed by atoms with Crippen molar-refractivity contribution in [2.24, 2.45) is 0 Å². The first-order valence-corrected chi connectivity index (χ1v) is 7.23. The summed E-state index contributed by atoms with van der Waals surface area (Å²) in [5.41, 5.74) is 0.719. The van der Waals surface area contributed by atoms with Crippen LogP contribution in [0, 0.1) is 5.82 Å². The van der Waals surface area contributed by atoms with Gasteiger partial charge in [-0.1, -0.05) is 59.1 Å². The Morgan fingerprint density at radius 3 is 2.38 bits per heavy atom. The van der Waals surface area contributed by atoms with Crippen molar-refractivity contribution >= 4 is 34.8 Å². The molecule has 0 radical (unpaired) electrons. The zero-order valence-electron chi connectivity index (χ0n) is 10.9. The van der Waals surface area contributed by atoms with E-state index < -0.39 is 9.61 Å². The molecule has 21 heavy (non-hydrogen) atoms. The number of ether oxygens (including phenoxy) is 2. The highest BCUT2D eigenvalue weighted by Crippen LogP contribution is 2.28. The summed E-state index contributed by atoms with van der Waals surface area (Å²) < 4.78 is 23.0. The van der Waals surface area contributed by atoms with Gasteiger partial charge in [0.2, 0.25) is 3.79 Å². The van der Waals surface area contributed by atoms with Crippen molar-refractivity contribution in [2.45, 2.75) is 10.4 Å². The van der Waals surface area contributed by atoms with Crippen LogP contribution in [0.1, 0.15) is 5.56 Å². The molecule has 0 aliphatic heterocycles. The van der Waals surface area contributed by atoms with E-state index in [0.29, 0.717) is 5.75 Å². The first-order valence-electron chi connectivity index (χ1n) is 6.10. The quantitative estimate of drug-likeness (QED) is 0.663. The van der Waals surface area contributed by atoms with Crippen LogP contribution in [0.4, 0.5) is 4.39 Å². The van der Waals surface area contributed by atoms with Gasteiger partial charge in [-0.25, -0.2) is 4.39 Å². The molecule has 0 spiro atoms. The molecule has 0 bridgehead atoms. The molecule has 0 fully saturated rings. The summed E-state index contributed by atoms with van der Waals surface area (Å²) in [6.07, 6.45) is 0. The Morgan fingerprint density at radius 1 is 1.00 bits per heavy atom. The van der Waals surface area contributed by atoms with Crippen molar-refractivity contribution in [3.8, 4) is 11.5 Å². The Hall–Kier alpha value is -1.00. The second-order valence-electron chi connectivity index (χ2n) is 4.29. The Bertz CT molecular complexity index is 585. The van der Waals surface area contributed by atoms with E-state index >= 15 is 0 Å². The van der Waals surface area contributed by atoms with E-state index in [1.807, 2.05) is 6.07 Å². The number of benzene rings is 2. The normalized spacial score (nSPS) is 11.4. The summed E-state index contributed by atoms with van der Waals surface area (Å²) in [6, 6.07) is 13.4. The van der Waals surface area contributed by atoms with Gasteiger partial charge >= 0.3 is 0 Å². The highest BCUT2D eigenvalue weighted by molar-refractivity contribution is 6.67. The molecule has 0 unspecified atom stereocenters. The van der Waals surface area contributed by atoms with E-state index in [9.17, 15) is 4.39 Å². The molecule has 0 aliphatic carbocycles. The average Bonchev–Trinajstić information content (AvgIpc) is 2.42. The van der Waals surface area contributed by atoms with Crippen molar-refractivity contribution < 1.29 is 13.9 Å². The molecule has 0 atom stereocenters. The van der Waals surface area contributed by atoms with Gasteiger partial charge < -0.3 is 9.47 Å². The number of hydrogen-bond acceptors (Lipinski definition) is 2. The lowest BCUT2D eigenvalue weighted by molar-refractivity contribution is 0.125. The van der Waals surface area contributed by atoms with Crippen LogP contribution in [0.3, 0.4) is 0 Å². The van der Waals surface area contributed by atoms with Gasteiger partial charge in [0, 0.05) is 0 Å². The van der Waals surface area contributed by atoms with E-state index in [2.05, 4.69) is 0 Å². The zero-order valence-corrected chi connectivity index (χ0v) is 13.1. The van der Waals surface area contributed by atoms with Crippen LogP contribution in [0.2, 0.25) is 0 Å². The maximum Gasteiger partial charge on any atom is 0.213 e. The summed E-state index contributed by atoms with van der Waals surface area (Å²) >= 11 is 16.8. The van der Waals surface area contributed by atoms with Crippen molar-refractivity contribution in [3.63, 3.8) is 0 Å². The molecule has 0 aliphatic rings. The number of rotatable bonds is 5. The molecule has 2 aromatic carbocycles. The van der Waals surface area contributed by atoms with Gasteiger partial charge in [-0.05, 0) is 29.8 Å². The van der Waals surface area contributed by atoms with Crippen LogP contribution in [-0.2, 0) is 11.3 Å². The molecule has 2 nitrogen and oxygen atoms in total. The van der Waals surface area contributed by atoms with Gasteiger partial charge in [-0.15, -0.1) is 0 Å². The highest BCUT2D eigenvalue weighted by Gasteiger charge is 2.19. The van der Waals surface area contributed by atoms with Gasteiger partial charge in [0.25, 0.3) is 0 Å². The summed E-state index contributed by atoms with van der Waals surface area (Å²) in [7, 11) is 0. The largest absolute Gasteiger partial charge is 0.454 e. The molecular weight excluding hydrogens is 338 g/mol. The predicted octanol–water partition coefficient (Wildman–Crippen LogP) is 5.50. The molecular formula is C15H12Cl3FO2. The number of para-hydroxylation sites is 1. The summed E-state index contributed by atoms with van der Waals surface area (Å²) in [6.45, 7) is 0.142. The second kappa shape index (κ2) is 7.32. The first kappa shape index (κ1) is 16.4. The minimum atomic E-state index is -1.47. The lowest BCUT2D eigenvalue weighted by Gasteiger charge is -2.12. The highest BCUT2D eigenvalue weighted by atomic mass is 35.6. The van der Waals surface area contributed by atoms with Gasteiger partial charge in [-0.2, -0.15) is 0 Å². The van der Waals surface area contributed by atoms with E-state index in [0.717, 1.165) is 5.56 Å². The fourth-order valence-electron chi connectivity index (χ4n) is 1.62. The standard InChI is InChI=1S/C15H12Cl3FO2/c16-15(17,18)10-20-9-11-6-7-13(19)14(8-11)21-12-4-2-1-3-5-12/h1-8H,9-10H2. The number of halogens is 4. The monoisotopic (exact) mass is 348 g/mol.